The molecule has 0 unspecified atom stereocenters. The van der Waals surface area contributed by atoms with Gasteiger partial charge in [0.05, 0.1) is 0 Å². The zero-order chi connectivity index (χ0) is 8.85. The minimum Gasteiger partial charge on any atom is -0.413 e. The standard InChI is InChI=1S/C6H9NO2.C2H6/c1-4(2)5-3-7-6(8)9-5;1-2/h3-4H,1-2H3,(H,7,8);1-2H3. The van der Waals surface area contributed by atoms with Crippen LogP contribution >= 0.6 is 0 Å². The predicted molar refractivity (Wildman–Crippen MR) is 44.8 cm³/mol. The molecule has 3 heteroatoms. The van der Waals surface area contributed by atoms with Crippen molar-refractivity contribution in [3.05, 3.63) is 22.5 Å². The molecule has 0 saturated carbocycles. The quantitative estimate of drug-likeness (QED) is 0.678. The van der Waals surface area contributed by atoms with E-state index in [0.29, 0.717) is 5.76 Å². The fourth-order valence-corrected chi connectivity index (χ4v) is 0.581. The van der Waals surface area contributed by atoms with Gasteiger partial charge in [-0.1, -0.05) is 27.7 Å². The minimum absolute atomic E-state index is 0.281. The van der Waals surface area contributed by atoms with Crippen molar-refractivity contribution in [3.8, 4) is 0 Å². The van der Waals surface area contributed by atoms with Gasteiger partial charge in [-0.15, -0.1) is 0 Å². The zero-order valence-corrected chi connectivity index (χ0v) is 7.47. The van der Waals surface area contributed by atoms with Gasteiger partial charge in [0, 0.05) is 12.1 Å². The molecule has 0 bridgehead atoms. The fraction of sp³-hybridized carbons (Fsp3) is 0.625. The van der Waals surface area contributed by atoms with Gasteiger partial charge in [-0.2, -0.15) is 0 Å². The van der Waals surface area contributed by atoms with E-state index >= 15 is 0 Å². The third-order valence-electron chi connectivity index (χ3n) is 1.11. The summed E-state index contributed by atoms with van der Waals surface area (Å²) in [5.41, 5.74) is 0. The van der Waals surface area contributed by atoms with Gasteiger partial charge in [0.2, 0.25) is 0 Å². The third-order valence-corrected chi connectivity index (χ3v) is 1.11. The Morgan fingerprint density at radius 2 is 2.00 bits per heavy atom. The second-order valence-corrected chi connectivity index (χ2v) is 2.24. The third kappa shape index (κ3) is 3.07. The van der Waals surface area contributed by atoms with Gasteiger partial charge < -0.3 is 4.42 Å². The van der Waals surface area contributed by atoms with Crippen LogP contribution < -0.4 is 5.76 Å². The molecule has 1 heterocycles. The summed E-state index contributed by atoms with van der Waals surface area (Å²) in [4.78, 5) is 12.8. The summed E-state index contributed by atoms with van der Waals surface area (Å²) < 4.78 is 4.73. The summed E-state index contributed by atoms with van der Waals surface area (Å²) in [5.74, 6) is 0.614. The highest BCUT2D eigenvalue weighted by Crippen LogP contribution is 2.09. The first-order valence-corrected chi connectivity index (χ1v) is 3.88. The lowest BCUT2D eigenvalue weighted by molar-refractivity contribution is 0.451. The van der Waals surface area contributed by atoms with Crippen molar-refractivity contribution in [2.75, 3.05) is 0 Å². The molecule has 1 rings (SSSR count). The van der Waals surface area contributed by atoms with E-state index in [9.17, 15) is 4.79 Å². The Kier molecular flexibility index (Phi) is 4.34. The monoisotopic (exact) mass is 157 g/mol. The average Bonchev–Trinajstić information content (AvgIpc) is 2.40. The van der Waals surface area contributed by atoms with Gasteiger partial charge in [0.15, 0.2) is 0 Å². The summed E-state index contributed by atoms with van der Waals surface area (Å²) in [7, 11) is 0. The van der Waals surface area contributed by atoms with Crippen molar-refractivity contribution in [2.45, 2.75) is 33.6 Å². The van der Waals surface area contributed by atoms with Crippen LogP contribution in [0, 0.1) is 0 Å². The molecule has 0 amide bonds. The first-order chi connectivity index (χ1) is 5.20. The maximum absolute atomic E-state index is 10.4. The number of rotatable bonds is 1. The molecular formula is C8H15NO2. The van der Waals surface area contributed by atoms with Crippen LogP contribution in [0.25, 0.3) is 0 Å². The van der Waals surface area contributed by atoms with E-state index in [0.717, 1.165) is 0 Å². The van der Waals surface area contributed by atoms with Crippen molar-refractivity contribution in [1.29, 1.82) is 0 Å². The fourth-order valence-electron chi connectivity index (χ4n) is 0.581. The summed E-state index contributed by atoms with van der Waals surface area (Å²) in [5, 5.41) is 0. The van der Waals surface area contributed by atoms with Gasteiger partial charge in [0.25, 0.3) is 0 Å². The van der Waals surface area contributed by atoms with Gasteiger partial charge in [0.1, 0.15) is 5.76 Å². The normalized spacial score (nSPS) is 9.18. The van der Waals surface area contributed by atoms with E-state index < -0.39 is 0 Å². The molecule has 3 nitrogen and oxygen atoms in total. The molecule has 0 spiro atoms. The molecule has 0 atom stereocenters. The van der Waals surface area contributed by atoms with Gasteiger partial charge in [-0.3, -0.25) is 4.98 Å². The summed E-state index contributed by atoms with van der Waals surface area (Å²) >= 11 is 0. The Bertz CT molecular complexity index is 234. The van der Waals surface area contributed by atoms with Crippen LogP contribution in [-0.4, -0.2) is 4.98 Å². The highest BCUT2D eigenvalue weighted by molar-refractivity contribution is 4.94. The van der Waals surface area contributed by atoms with Gasteiger partial charge in [-0.05, 0) is 0 Å². The van der Waals surface area contributed by atoms with Crippen LogP contribution in [0.4, 0.5) is 0 Å². The molecule has 1 aromatic rings. The zero-order valence-electron chi connectivity index (χ0n) is 7.47. The van der Waals surface area contributed by atoms with Crippen LogP contribution in [0.5, 0.6) is 0 Å². The Hall–Kier alpha value is -0.990. The second-order valence-electron chi connectivity index (χ2n) is 2.24. The number of nitrogens with one attached hydrogen (secondary N) is 1. The SMILES string of the molecule is CC.CC(C)c1c[nH]c(=O)o1. The molecule has 11 heavy (non-hydrogen) atoms. The predicted octanol–water partition coefficient (Wildman–Crippen LogP) is 2.12. The van der Waals surface area contributed by atoms with Crippen LogP contribution in [0.1, 0.15) is 39.4 Å². The number of hydrogen-bond donors (Lipinski definition) is 1. The molecular weight excluding hydrogens is 142 g/mol. The smallest absolute Gasteiger partial charge is 0.413 e. The molecule has 0 aromatic carbocycles. The number of H-pyrrole nitrogens is 1. The number of oxazole rings is 1. The first kappa shape index (κ1) is 10.0. The Labute approximate surface area is 66.4 Å². The number of hydrogen-bond acceptors (Lipinski definition) is 2. The molecule has 0 aliphatic rings. The lowest BCUT2D eigenvalue weighted by atomic mass is 10.2. The van der Waals surface area contributed by atoms with Gasteiger partial charge in [-0.25, -0.2) is 4.79 Å². The molecule has 0 saturated heterocycles. The maximum Gasteiger partial charge on any atom is 0.416 e. The molecule has 0 fully saturated rings. The number of aromatic nitrogens is 1. The van der Waals surface area contributed by atoms with E-state index in [-0.39, 0.29) is 11.7 Å². The maximum atomic E-state index is 10.4. The van der Waals surface area contributed by atoms with E-state index in [2.05, 4.69) is 4.98 Å². The van der Waals surface area contributed by atoms with Crippen LogP contribution in [0.3, 0.4) is 0 Å². The van der Waals surface area contributed by atoms with E-state index in [4.69, 9.17) is 4.42 Å². The average molecular weight is 157 g/mol. The highest BCUT2D eigenvalue weighted by Gasteiger charge is 2.01. The Morgan fingerprint density at radius 1 is 1.45 bits per heavy atom. The number of aromatic amines is 1. The summed E-state index contributed by atoms with van der Waals surface area (Å²) in [6.45, 7) is 7.93. The molecule has 0 aliphatic carbocycles. The molecule has 64 valence electrons. The second kappa shape index (κ2) is 4.77. The lowest BCUT2D eigenvalue weighted by Crippen LogP contribution is -1.93. The summed E-state index contributed by atoms with van der Waals surface area (Å²) in [6, 6.07) is 0. The van der Waals surface area contributed by atoms with Crippen LogP contribution in [0.2, 0.25) is 0 Å². The molecule has 0 aliphatic heterocycles. The molecule has 0 radical (unpaired) electrons. The van der Waals surface area contributed by atoms with Crippen molar-refractivity contribution in [3.63, 3.8) is 0 Å². The van der Waals surface area contributed by atoms with Gasteiger partial charge >= 0.3 is 5.76 Å². The summed E-state index contributed by atoms with van der Waals surface area (Å²) in [6.07, 6.45) is 1.59. The highest BCUT2D eigenvalue weighted by atomic mass is 16.4. The Balaban J connectivity index is 0.000000461. The van der Waals surface area contributed by atoms with Crippen molar-refractivity contribution in [2.24, 2.45) is 0 Å². The minimum atomic E-state index is -0.376. The van der Waals surface area contributed by atoms with Crippen molar-refractivity contribution >= 4 is 0 Å². The van der Waals surface area contributed by atoms with Crippen molar-refractivity contribution in [1.82, 2.24) is 4.98 Å². The molecule has 1 aromatic heterocycles. The largest absolute Gasteiger partial charge is 0.416 e. The van der Waals surface area contributed by atoms with Crippen LogP contribution in [0.15, 0.2) is 15.4 Å². The van der Waals surface area contributed by atoms with E-state index in [1.807, 2.05) is 27.7 Å². The van der Waals surface area contributed by atoms with Crippen LogP contribution in [-0.2, 0) is 0 Å². The topological polar surface area (TPSA) is 46.0 Å². The van der Waals surface area contributed by atoms with E-state index in [1.165, 1.54) is 0 Å². The van der Waals surface area contributed by atoms with Crippen molar-refractivity contribution < 1.29 is 4.42 Å². The molecule has 1 N–H and O–H groups in total. The first-order valence-electron chi connectivity index (χ1n) is 3.88. The lowest BCUT2D eigenvalue weighted by Gasteiger charge is -1.93. The Morgan fingerprint density at radius 3 is 2.18 bits per heavy atom. The van der Waals surface area contributed by atoms with E-state index in [1.54, 1.807) is 6.20 Å².